The molecule has 0 unspecified atom stereocenters. The number of rotatable bonds is 4. The summed E-state index contributed by atoms with van der Waals surface area (Å²) in [5.74, 6) is 2.60. The van der Waals surface area contributed by atoms with E-state index in [1.54, 1.807) is 24.5 Å². The second-order valence-corrected chi connectivity index (χ2v) is 7.67. The molecule has 1 amide bonds. The Morgan fingerprint density at radius 1 is 1.04 bits per heavy atom. The van der Waals surface area contributed by atoms with Crippen LogP contribution in [0.25, 0.3) is 0 Å². The van der Waals surface area contributed by atoms with Crippen molar-refractivity contribution in [1.29, 1.82) is 0 Å². The minimum Gasteiger partial charge on any atom is -0.339 e. The highest BCUT2D eigenvalue weighted by Crippen LogP contribution is 2.28. The van der Waals surface area contributed by atoms with Gasteiger partial charge in [-0.3, -0.25) is 14.7 Å². The van der Waals surface area contributed by atoms with E-state index in [1.807, 2.05) is 4.90 Å². The molecule has 144 valence electrons. The highest BCUT2D eigenvalue weighted by atomic mass is 16.2. The van der Waals surface area contributed by atoms with E-state index in [-0.39, 0.29) is 5.91 Å². The second-order valence-electron chi connectivity index (χ2n) is 7.67. The molecule has 0 radical (unpaired) electrons. The number of carbonyl (C=O) groups is 1. The fourth-order valence-electron chi connectivity index (χ4n) is 4.20. The molecule has 2 aromatic heterocycles. The van der Waals surface area contributed by atoms with E-state index in [0.717, 1.165) is 57.2 Å². The molecule has 27 heavy (non-hydrogen) atoms. The number of hydrogen-bond acceptors (Lipinski definition) is 5. The van der Waals surface area contributed by atoms with Crippen molar-refractivity contribution in [2.24, 2.45) is 7.05 Å². The fourth-order valence-corrected chi connectivity index (χ4v) is 4.20. The first-order valence-electron chi connectivity index (χ1n) is 10.0. The average molecular weight is 368 g/mol. The zero-order valence-electron chi connectivity index (χ0n) is 16.0. The third kappa shape index (κ3) is 4.03. The van der Waals surface area contributed by atoms with Gasteiger partial charge in [-0.2, -0.15) is 0 Å². The number of hydrogen-bond donors (Lipinski definition) is 0. The van der Waals surface area contributed by atoms with Crippen molar-refractivity contribution < 1.29 is 4.79 Å². The van der Waals surface area contributed by atoms with Gasteiger partial charge in [0.2, 0.25) is 0 Å². The third-order valence-corrected chi connectivity index (χ3v) is 5.89. The molecule has 0 atom stereocenters. The van der Waals surface area contributed by atoms with Crippen molar-refractivity contribution >= 4 is 5.91 Å². The lowest BCUT2D eigenvalue weighted by molar-refractivity contribution is 0.0710. The van der Waals surface area contributed by atoms with Gasteiger partial charge in [-0.15, -0.1) is 10.2 Å². The van der Waals surface area contributed by atoms with Crippen LogP contribution in [0.3, 0.4) is 0 Å². The van der Waals surface area contributed by atoms with Crippen LogP contribution in [-0.2, 0) is 13.6 Å². The number of piperidine rings is 2. The number of aromatic nitrogens is 4. The van der Waals surface area contributed by atoms with Gasteiger partial charge in [-0.05, 0) is 50.9 Å². The van der Waals surface area contributed by atoms with E-state index in [0.29, 0.717) is 11.5 Å². The molecule has 0 aromatic carbocycles. The maximum atomic E-state index is 12.6. The average Bonchev–Trinajstić information content (AvgIpc) is 3.09. The molecule has 0 spiro atoms. The monoisotopic (exact) mass is 368 g/mol. The van der Waals surface area contributed by atoms with Crippen LogP contribution >= 0.6 is 0 Å². The van der Waals surface area contributed by atoms with E-state index < -0.39 is 0 Å². The summed E-state index contributed by atoms with van der Waals surface area (Å²) in [6.45, 7) is 4.75. The molecule has 0 N–H and O–H groups in total. The molecule has 0 aliphatic carbocycles. The maximum Gasteiger partial charge on any atom is 0.253 e. The maximum absolute atomic E-state index is 12.6. The quantitative estimate of drug-likeness (QED) is 0.828. The molecule has 7 heteroatoms. The largest absolute Gasteiger partial charge is 0.339 e. The molecule has 2 saturated heterocycles. The summed E-state index contributed by atoms with van der Waals surface area (Å²) in [6.07, 6.45) is 9.13. The SMILES string of the molecule is Cn1c(CN2CCCCC2)nnc1C1CCN(C(=O)c2ccncc2)CC1. The van der Waals surface area contributed by atoms with Gasteiger partial charge in [-0.1, -0.05) is 6.42 Å². The Morgan fingerprint density at radius 2 is 1.74 bits per heavy atom. The van der Waals surface area contributed by atoms with Crippen LogP contribution in [-0.4, -0.2) is 61.6 Å². The molecule has 0 saturated carbocycles. The highest BCUT2D eigenvalue weighted by Gasteiger charge is 2.28. The standard InChI is InChI=1S/C20H28N6O/c1-24-18(15-25-11-3-2-4-12-25)22-23-19(24)16-7-13-26(14-8-16)20(27)17-5-9-21-10-6-17/h5-6,9-10,16H,2-4,7-8,11-15H2,1H3. The number of amides is 1. The van der Waals surface area contributed by atoms with Crippen LogP contribution in [0.5, 0.6) is 0 Å². The van der Waals surface area contributed by atoms with Crippen molar-refractivity contribution in [1.82, 2.24) is 29.5 Å². The molecule has 7 nitrogen and oxygen atoms in total. The van der Waals surface area contributed by atoms with Crippen LogP contribution in [0.2, 0.25) is 0 Å². The Balaban J connectivity index is 1.36. The first-order chi connectivity index (χ1) is 13.2. The Hall–Kier alpha value is -2.28. The second kappa shape index (κ2) is 8.17. The van der Waals surface area contributed by atoms with Crippen molar-refractivity contribution in [2.45, 2.75) is 44.6 Å². The summed E-state index contributed by atoms with van der Waals surface area (Å²) in [4.78, 5) is 21.0. The Morgan fingerprint density at radius 3 is 2.44 bits per heavy atom. The van der Waals surface area contributed by atoms with Gasteiger partial charge < -0.3 is 9.47 Å². The summed E-state index contributed by atoms with van der Waals surface area (Å²) in [5.41, 5.74) is 0.714. The van der Waals surface area contributed by atoms with Crippen molar-refractivity contribution in [3.8, 4) is 0 Å². The van der Waals surface area contributed by atoms with Gasteiger partial charge in [0.1, 0.15) is 11.6 Å². The molecule has 4 rings (SSSR count). The molecular formula is C20H28N6O. The Bertz CT molecular complexity index is 760. The Labute approximate surface area is 160 Å². The topological polar surface area (TPSA) is 67.2 Å². The number of nitrogens with zero attached hydrogens (tertiary/aromatic N) is 6. The van der Waals surface area contributed by atoms with E-state index in [9.17, 15) is 4.79 Å². The minimum absolute atomic E-state index is 0.0969. The summed E-state index contributed by atoms with van der Waals surface area (Å²) < 4.78 is 2.18. The molecule has 4 heterocycles. The van der Waals surface area contributed by atoms with E-state index >= 15 is 0 Å². The molecular weight excluding hydrogens is 340 g/mol. The fraction of sp³-hybridized carbons (Fsp3) is 0.600. The van der Waals surface area contributed by atoms with Crippen LogP contribution in [0.15, 0.2) is 24.5 Å². The van der Waals surface area contributed by atoms with E-state index in [1.165, 1.54) is 19.3 Å². The minimum atomic E-state index is 0.0969. The van der Waals surface area contributed by atoms with Crippen LogP contribution < -0.4 is 0 Å². The summed E-state index contributed by atoms with van der Waals surface area (Å²) in [5, 5.41) is 8.98. The number of likely N-dealkylation sites (tertiary alicyclic amines) is 2. The lowest BCUT2D eigenvalue weighted by Crippen LogP contribution is -2.38. The van der Waals surface area contributed by atoms with Gasteiger partial charge in [0.15, 0.2) is 0 Å². The summed E-state index contributed by atoms with van der Waals surface area (Å²) in [7, 11) is 2.09. The molecule has 0 bridgehead atoms. The normalized spacial score (nSPS) is 19.4. The van der Waals surface area contributed by atoms with Crippen molar-refractivity contribution in [3.63, 3.8) is 0 Å². The van der Waals surface area contributed by atoms with Gasteiger partial charge in [0.05, 0.1) is 6.54 Å². The zero-order valence-corrected chi connectivity index (χ0v) is 16.0. The van der Waals surface area contributed by atoms with Gasteiger partial charge in [-0.25, -0.2) is 0 Å². The summed E-state index contributed by atoms with van der Waals surface area (Å²) >= 11 is 0. The first-order valence-corrected chi connectivity index (χ1v) is 10.0. The van der Waals surface area contributed by atoms with Crippen LogP contribution in [0.4, 0.5) is 0 Å². The smallest absolute Gasteiger partial charge is 0.253 e. The zero-order chi connectivity index (χ0) is 18.6. The number of carbonyl (C=O) groups excluding carboxylic acids is 1. The molecule has 2 aliphatic rings. The lowest BCUT2D eigenvalue weighted by atomic mass is 9.95. The van der Waals surface area contributed by atoms with Crippen LogP contribution in [0, 0.1) is 0 Å². The molecule has 2 aliphatic heterocycles. The van der Waals surface area contributed by atoms with Crippen LogP contribution in [0.1, 0.15) is 60.0 Å². The summed E-state index contributed by atoms with van der Waals surface area (Å²) in [6, 6.07) is 3.56. The molecule has 2 fully saturated rings. The van der Waals surface area contributed by atoms with Gasteiger partial charge in [0.25, 0.3) is 5.91 Å². The van der Waals surface area contributed by atoms with E-state index in [4.69, 9.17) is 0 Å². The highest BCUT2D eigenvalue weighted by molar-refractivity contribution is 5.94. The predicted molar refractivity (Wildman–Crippen MR) is 102 cm³/mol. The lowest BCUT2D eigenvalue weighted by Gasteiger charge is -2.31. The Kier molecular flexibility index (Phi) is 5.48. The van der Waals surface area contributed by atoms with E-state index in [2.05, 4.69) is 31.7 Å². The van der Waals surface area contributed by atoms with Gasteiger partial charge >= 0.3 is 0 Å². The van der Waals surface area contributed by atoms with Crippen molar-refractivity contribution in [3.05, 3.63) is 41.7 Å². The molecule has 2 aromatic rings. The predicted octanol–water partition coefficient (Wildman–Crippen LogP) is 2.22. The number of pyridine rings is 1. The van der Waals surface area contributed by atoms with Gasteiger partial charge in [0, 0.05) is 44.0 Å². The van der Waals surface area contributed by atoms with Crippen molar-refractivity contribution in [2.75, 3.05) is 26.2 Å². The first kappa shape index (κ1) is 18.1. The third-order valence-electron chi connectivity index (χ3n) is 5.89.